The van der Waals surface area contributed by atoms with E-state index in [1.54, 1.807) is 6.20 Å². The summed E-state index contributed by atoms with van der Waals surface area (Å²) in [6.45, 7) is 4.85. The van der Waals surface area contributed by atoms with Crippen molar-refractivity contribution in [2.75, 3.05) is 25.0 Å². The lowest BCUT2D eigenvalue weighted by atomic mass is 10.1. The molecule has 1 saturated heterocycles. The molecule has 2 aromatic rings. The molecular weight excluding hydrogens is 290 g/mol. The molecular formula is C18H21N3O2. The van der Waals surface area contributed by atoms with E-state index in [9.17, 15) is 4.79 Å². The summed E-state index contributed by atoms with van der Waals surface area (Å²) in [5.41, 5.74) is 3.04. The number of aromatic nitrogens is 1. The van der Waals surface area contributed by atoms with Crippen LogP contribution in [0.3, 0.4) is 0 Å². The minimum absolute atomic E-state index is 0.0311. The number of rotatable bonds is 4. The molecule has 0 saturated carbocycles. The van der Waals surface area contributed by atoms with Crippen LogP contribution in [0.5, 0.6) is 0 Å². The Morgan fingerprint density at radius 1 is 1.30 bits per heavy atom. The van der Waals surface area contributed by atoms with Gasteiger partial charge in [0.2, 0.25) is 5.91 Å². The van der Waals surface area contributed by atoms with Crippen molar-refractivity contribution in [3.8, 4) is 0 Å². The van der Waals surface area contributed by atoms with Gasteiger partial charge in [0.25, 0.3) is 0 Å². The summed E-state index contributed by atoms with van der Waals surface area (Å²) in [5.74, 6) is -0.0517. The van der Waals surface area contributed by atoms with E-state index < -0.39 is 0 Å². The van der Waals surface area contributed by atoms with E-state index in [0.29, 0.717) is 6.61 Å². The molecule has 1 aliphatic heterocycles. The molecule has 0 bridgehead atoms. The summed E-state index contributed by atoms with van der Waals surface area (Å²) in [7, 11) is 0. The van der Waals surface area contributed by atoms with Crippen LogP contribution < -0.4 is 5.32 Å². The third kappa shape index (κ3) is 4.37. The smallest absolute Gasteiger partial charge is 0.221 e. The zero-order chi connectivity index (χ0) is 16.1. The molecule has 5 heteroatoms. The molecule has 0 unspecified atom stereocenters. The first-order valence-electron chi connectivity index (χ1n) is 7.82. The number of hydrogen-bond acceptors (Lipinski definition) is 4. The van der Waals surface area contributed by atoms with Crippen LogP contribution in [0.1, 0.15) is 24.3 Å². The highest BCUT2D eigenvalue weighted by atomic mass is 16.5. The van der Waals surface area contributed by atoms with E-state index in [-0.39, 0.29) is 12.0 Å². The van der Waals surface area contributed by atoms with Gasteiger partial charge in [-0.15, -0.1) is 0 Å². The van der Waals surface area contributed by atoms with E-state index in [0.717, 1.165) is 31.0 Å². The number of nitrogens with zero attached hydrogens (tertiary/aromatic N) is 2. The van der Waals surface area contributed by atoms with E-state index in [4.69, 9.17) is 4.74 Å². The number of nitrogens with one attached hydrogen (secondary N) is 1. The molecule has 1 fully saturated rings. The molecule has 2 heterocycles. The first kappa shape index (κ1) is 15.6. The zero-order valence-electron chi connectivity index (χ0n) is 13.2. The lowest BCUT2D eigenvalue weighted by Crippen LogP contribution is -2.38. The fourth-order valence-corrected chi connectivity index (χ4v) is 2.75. The normalized spacial score (nSPS) is 18.6. The number of amides is 1. The summed E-state index contributed by atoms with van der Waals surface area (Å²) in [6, 6.07) is 13.9. The van der Waals surface area contributed by atoms with Crippen LogP contribution in [0.15, 0.2) is 48.7 Å². The molecule has 0 radical (unpaired) electrons. The number of morpholine rings is 1. The number of carbonyl (C=O) groups excluding carboxylic acids is 1. The van der Waals surface area contributed by atoms with Gasteiger partial charge in [-0.05, 0) is 29.8 Å². The Labute approximate surface area is 136 Å². The highest BCUT2D eigenvalue weighted by Gasteiger charge is 2.22. The lowest BCUT2D eigenvalue weighted by Gasteiger charge is -2.32. The van der Waals surface area contributed by atoms with Crippen molar-refractivity contribution < 1.29 is 9.53 Å². The number of pyridine rings is 1. The van der Waals surface area contributed by atoms with Crippen LogP contribution in [0.2, 0.25) is 0 Å². The van der Waals surface area contributed by atoms with Crippen LogP contribution >= 0.6 is 0 Å². The number of carbonyl (C=O) groups is 1. The molecule has 1 amide bonds. The molecule has 1 atom stereocenters. The van der Waals surface area contributed by atoms with Gasteiger partial charge in [0.05, 0.1) is 12.3 Å². The SMILES string of the molecule is CC(=O)Nc1ccc(CN2CCO[C@@H](c3ccccn3)C2)cc1. The van der Waals surface area contributed by atoms with Crippen LogP contribution in [0.4, 0.5) is 5.69 Å². The third-order valence-electron chi connectivity index (χ3n) is 3.85. The van der Waals surface area contributed by atoms with Gasteiger partial charge in [0, 0.05) is 38.4 Å². The molecule has 1 aliphatic rings. The van der Waals surface area contributed by atoms with E-state index in [2.05, 4.69) is 27.3 Å². The topological polar surface area (TPSA) is 54.5 Å². The number of benzene rings is 1. The molecule has 1 N–H and O–H groups in total. The van der Waals surface area contributed by atoms with Gasteiger partial charge >= 0.3 is 0 Å². The van der Waals surface area contributed by atoms with Gasteiger partial charge in [-0.1, -0.05) is 18.2 Å². The van der Waals surface area contributed by atoms with E-state index >= 15 is 0 Å². The van der Waals surface area contributed by atoms with Crippen LogP contribution in [0, 0.1) is 0 Å². The van der Waals surface area contributed by atoms with Crippen molar-refractivity contribution >= 4 is 11.6 Å². The highest BCUT2D eigenvalue weighted by molar-refractivity contribution is 5.88. The molecule has 3 rings (SSSR count). The van der Waals surface area contributed by atoms with Crippen molar-refractivity contribution in [2.24, 2.45) is 0 Å². The Morgan fingerprint density at radius 2 is 2.13 bits per heavy atom. The van der Waals surface area contributed by atoms with Crippen molar-refractivity contribution in [1.29, 1.82) is 0 Å². The average Bonchev–Trinajstić information content (AvgIpc) is 2.57. The molecule has 1 aromatic carbocycles. The van der Waals surface area contributed by atoms with Crippen molar-refractivity contribution in [1.82, 2.24) is 9.88 Å². The second-order valence-corrected chi connectivity index (χ2v) is 5.73. The average molecular weight is 311 g/mol. The van der Waals surface area contributed by atoms with Gasteiger partial charge in [-0.25, -0.2) is 0 Å². The molecule has 120 valence electrons. The molecule has 1 aromatic heterocycles. The van der Waals surface area contributed by atoms with Gasteiger partial charge < -0.3 is 10.1 Å². The summed E-state index contributed by atoms with van der Waals surface area (Å²) in [4.78, 5) is 17.8. The monoisotopic (exact) mass is 311 g/mol. The zero-order valence-corrected chi connectivity index (χ0v) is 13.2. The first-order valence-corrected chi connectivity index (χ1v) is 7.82. The summed E-state index contributed by atoms with van der Waals surface area (Å²) >= 11 is 0. The Balaban J connectivity index is 1.60. The number of anilines is 1. The Morgan fingerprint density at radius 3 is 2.83 bits per heavy atom. The Kier molecular flexibility index (Phi) is 5.00. The summed E-state index contributed by atoms with van der Waals surface area (Å²) < 4.78 is 5.84. The standard InChI is InChI=1S/C18H21N3O2/c1-14(22)20-16-7-5-15(6-8-16)12-21-10-11-23-18(13-21)17-4-2-3-9-19-17/h2-9,18H,10-13H2,1H3,(H,20,22)/t18-/m1/s1. The molecule has 23 heavy (non-hydrogen) atoms. The van der Waals surface area contributed by atoms with Gasteiger partial charge in [-0.2, -0.15) is 0 Å². The van der Waals surface area contributed by atoms with E-state index in [1.807, 2.05) is 30.3 Å². The number of hydrogen-bond donors (Lipinski definition) is 1. The summed E-state index contributed by atoms with van der Waals surface area (Å²) in [5, 5.41) is 2.78. The quantitative estimate of drug-likeness (QED) is 0.943. The Bertz CT molecular complexity index is 643. The van der Waals surface area contributed by atoms with Crippen molar-refractivity contribution in [3.63, 3.8) is 0 Å². The fourth-order valence-electron chi connectivity index (χ4n) is 2.75. The minimum Gasteiger partial charge on any atom is -0.369 e. The minimum atomic E-state index is -0.0517. The van der Waals surface area contributed by atoms with Crippen LogP contribution in [0.25, 0.3) is 0 Å². The Hall–Kier alpha value is -2.24. The van der Waals surface area contributed by atoms with E-state index in [1.165, 1.54) is 12.5 Å². The predicted molar refractivity (Wildman–Crippen MR) is 89.0 cm³/mol. The summed E-state index contributed by atoms with van der Waals surface area (Å²) in [6.07, 6.45) is 1.84. The second-order valence-electron chi connectivity index (χ2n) is 5.73. The maximum absolute atomic E-state index is 11.0. The van der Waals surface area contributed by atoms with Gasteiger partial charge in [-0.3, -0.25) is 14.7 Å². The lowest BCUT2D eigenvalue weighted by molar-refractivity contribution is -0.114. The van der Waals surface area contributed by atoms with Gasteiger partial charge in [0.15, 0.2) is 0 Å². The van der Waals surface area contributed by atoms with Crippen LogP contribution in [-0.4, -0.2) is 35.5 Å². The van der Waals surface area contributed by atoms with Crippen LogP contribution in [-0.2, 0) is 16.1 Å². The highest BCUT2D eigenvalue weighted by Crippen LogP contribution is 2.21. The maximum Gasteiger partial charge on any atom is 0.221 e. The van der Waals surface area contributed by atoms with Crippen molar-refractivity contribution in [3.05, 3.63) is 59.9 Å². The second kappa shape index (κ2) is 7.35. The van der Waals surface area contributed by atoms with Crippen molar-refractivity contribution in [2.45, 2.75) is 19.6 Å². The molecule has 5 nitrogen and oxygen atoms in total. The largest absolute Gasteiger partial charge is 0.369 e. The maximum atomic E-state index is 11.0. The molecule has 0 aliphatic carbocycles. The fraction of sp³-hybridized carbons (Fsp3) is 0.333. The number of ether oxygens (including phenoxy) is 1. The van der Waals surface area contributed by atoms with Gasteiger partial charge in [0.1, 0.15) is 6.10 Å². The third-order valence-corrected chi connectivity index (χ3v) is 3.85. The first-order chi connectivity index (χ1) is 11.2. The molecule has 0 spiro atoms. The predicted octanol–water partition coefficient (Wildman–Crippen LogP) is 2.61.